The molecule has 0 spiro atoms. The Kier molecular flexibility index (Phi) is 3.77. The molecule has 3 heterocycles. The number of aromatic nitrogens is 3. The summed E-state index contributed by atoms with van der Waals surface area (Å²) < 4.78 is 20.8. The molecular formula is C17H15FN6O. The molecule has 3 aromatic rings. The van der Waals surface area contributed by atoms with Gasteiger partial charge in [0.05, 0.1) is 12.2 Å². The fourth-order valence-corrected chi connectivity index (χ4v) is 2.63. The van der Waals surface area contributed by atoms with E-state index < -0.39 is 6.17 Å². The first kappa shape index (κ1) is 15.1. The molecule has 4 rings (SSSR count). The van der Waals surface area contributed by atoms with Crippen molar-refractivity contribution in [3.8, 4) is 11.4 Å². The maximum atomic E-state index is 14.0. The van der Waals surface area contributed by atoms with Crippen LogP contribution in [0, 0.1) is 5.82 Å². The summed E-state index contributed by atoms with van der Waals surface area (Å²) in [6.45, 7) is 0.261. The largest absolute Gasteiger partial charge is 0.451 e. The Balaban J connectivity index is 1.74. The van der Waals surface area contributed by atoms with E-state index in [0.717, 1.165) is 0 Å². The molecule has 0 aliphatic carbocycles. The van der Waals surface area contributed by atoms with Gasteiger partial charge >= 0.3 is 0 Å². The predicted octanol–water partition coefficient (Wildman–Crippen LogP) is 2.20. The molecule has 7 nitrogen and oxygen atoms in total. The zero-order chi connectivity index (χ0) is 17.2. The standard InChI is InChI=1S/C17H15FN6O/c18-12-4-2-1-3-11(12)8-24-15(14-9-25-10-21-14)7-13(23-24)17-20-6-5-16(19)22-17/h1-7,9-10,17,20H,8H2,(H2,19,22). The Bertz CT molecular complexity index is 944. The van der Waals surface area contributed by atoms with Gasteiger partial charge in [0.2, 0.25) is 0 Å². The maximum absolute atomic E-state index is 14.0. The first-order valence-corrected chi connectivity index (χ1v) is 7.66. The van der Waals surface area contributed by atoms with Crippen LogP contribution in [-0.4, -0.2) is 20.6 Å². The van der Waals surface area contributed by atoms with Gasteiger partial charge in [0.25, 0.3) is 0 Å². The lowest BCUT2D eigenvalue weighted by Crippen LogP contribution is -2.24. The van der Waals surface area contributed by atoms with Gasteiger partial charge in [0.15, 0.2) is 12.6 Å². The highest BCUT2D eigenvalue weighted by Gasteiger charge is 2.20. The van der Waals surface area contributed by atoms with Crippen LogP contribution >= 0.6 is 0 Å². The molecular weight excluding hydrogens is 323 g/mol. The van der Waals surface area contributed by atoms with Gasteiger partial charge < -0.3 is 15.5 Å². The predicted molar refractivity (Wildman–Crippen MR) is 89.9 cm³/mol. The molecule has 2 aromatic heterocycles. The molecule has 0 radical (unpaired) electrons. The van der Waals surface area contributed by atoms with Crippen molar-refractivity contribution < 1.29 is 8.81 Å². The lowest BCUT2D eigenvalue weighted by atomic mass is 10.2. The normalized spacial score (nSPS) is 16.5. The third-order valence-corrected chi connectivity index (χ3v) is 3.84. The molecule has 126 valence electrons. The zero-order valence-corrected chi connectivity index (χ0v) is 13.1. The van der Waals surface area contributed by atoms with Crippen LogP contribution in [0.4, 0.5) is 4.39 Å². The van der Waals surface area contributed by atoms with Gasteiger partial charge in [-0.05, 0) is 18.2 Å². The quantitative estimate of drug-likeness (QED) is 0.760. The summed E-state index contributed by atoms with van der Waals surface area (Å²) in [6.07, 6.45) is 5.85. The van der Waals surface area contributed by atoms with Crippen molar-refractivity contribution in [3.05, 3.63) is 72.3 Å². The molecule has 0 fully saturated rings. The Morgan fingerprint density at radius 1 is 1.32 bits per heavy atom. The summed E-state index contributed by atoms with van der Waals surface area (Å²) in [5, 5.41) is 7.66. The van der Waals surface area contributed by atoms with Gasteiger partial charge in [-0.25, -0.2) is 14.4 Å². The average molecular weight is 338 g/mol. The van der Waals surface area contributed by atoms with Crippen molar-refractivity contribution in [1.29, 1.82) is 0 Å². The molecule has 0 amide bonds. The molecule has 3 N–H and O–H groups in total. The van der Waals surface area contributed by atoms with Gasteiger partial charge in [0.1, 0.15) is 29.3 Å². The SMILES string of the molecule is NC1=NC(c2cc(-c3cocn3)n(Cc3ccccc3F)n2)NC=C1. The van der Waals surface area contributed by atoms with Crippen LogP contribution in [-0.2, 0) is 6.54 Å². The van der Waals surface area contributed by atoms with Crippen molar-refractivity contribution in [2.24, 2.45) is 10.7 Å². The number of aliphatic imine (C=N–C) groups is 1. The smallest absolute Gasteiger partial charge is 0.181 e. The Labute approximate surface area is 142 Å². The van der Waals surface area contributed by atoms with Crippen LogP contribution in [0.1, 0.15) is 17.4 Å². The van der Waals surface area contributed by atoms with Gasteiger partial charge in [-0.1, -0.05) is 18.2 Å². The third kappa shape index (κ3) is 3.01. The van der Waals surface area contributed by atoms with Crippen molar-refractivity contribution >= 4 is 5.84 Å². The summed E-state index contributed by atoms with van der Waals surface area (Å²) in [5.41, 5.74) is 8.26. The molecule has 1 aromatic carbocycles. The number of oxazole rings is 1. The van der Waals surface area contributed by atoms with E-state index in [1.807, 2.05) is 6.07 Å². The summed E-state index contributed by atoms with van der Waals surface area (Å²) in [7, 11) is 0. The molecule has 0 bridgehead atoms. The molecule has 0 saturated carbocycles. The van der Waals surface area contributed by atoms with Crippen molar-refractivity contribution in [2.75, 3.05) is 0 Å². The Morgan fingerprint density at radius 3 is 2.96 bits per heavy atom. The second kappa shape index (κ2) is 6.23. The third-order valence-electron chi connectivity index (χ3n) is 3.84. The fourth-order valence-electron chi connectivity index (χ4n) is 2.63. The van der Waals surface area contributed by atoms with Gasteiger partial charge in [-0.3, -0.25) is 4.68 Å². The van der Waals surface area contributed by atoms with E-state index in [-0.39, 0.29) is 12.4 Å². The van der Waals surface area contributed by atoms with E-state index in [0.29, 0.717) is 28.5 Å². The number of amidine groups is 1. The van der Waals surface area contributed by atoms with Crippen LogP contribution in [0.25, 0.3) is 11.4 Å². The number of nitrogens with zero attached hydrogens (tertiary/aromatic N) is 4. The molecule has 1 unspecified atom stereocenters. The summed E-state index contributed by atoms with van der Waals surface area (Å²) in [6, 6.07) is 8.43. The Hall–Kier alpha value is -3.42. The average Bonchev–Trinajstić information content (AvgIpc) is 3.26. The highest BCUT2D eigenvalue weighted by atomic mass is 19.1. The molecule has 8 heteroatoms. The number of nitrogens with two attached hydrogens (primary N) is 1. The fraction of sp³-hybridized carbons (Fsp3) is 0.118. The molecule has 1 atom stereocenters. The molecule has 25 heavy (non-hydrogen) atoms. The van der Waals surface area contributed by atoms with Crippen molar-refractivity contribution in [1.82, 2.24) is 20.1 Å². The van der Waals surface area contributed by atoms with Crippen LogP contribution in [0.15, 0.2) is 64.7 Å². The topological polar surface area (TPSA) is 94.3 Å². The summed E-state index contributed by atoms with van der Waals surface area (Å²) in [4.78, 5) is 8.48. The lowest BCUT2D eigenvalue weighted by Gasteiger charge is -2.14. The number of benzene rings is 1. The first-order valence-electron chi connectivity index (χ1n) is 7.66. The highest BCUT2D eigenvalue weighted by molar-refractivity contribution is 5.92. The number of nitrogens with one attached hydrogen (secondary N) is 1. The van der Waals surface area contributed by atoms with Crippen LogP contribution in [0.5, 0.6) is 0 Å². The van der Waals surface area contributed by atoms with E-state index in [1.54, 1.807) is 35.2 Å². The van der Waals surface area contributed by atoms with E-state index >= 15 is 0 Å². The number of hydrogen-bond donors (Lipinski definition) is 2. The number of halogens is 1. The summed E-state index contributed by atoms with van der Waals surface area (Å²) in [5.74, 6) is 0.127. The second-order valence-corrected chi connectivity index (χ2v) is 5.53. The van der Waals surface area contributed by atoms with Gasteiger partial charge in [-0.15, -0.1) is 0 Å². The minimum Gasteiger partial charge on any atom is -0.451 e. The van der Waals surface area contributed by atoms with Gasteiger partial charge in [-0.2, -0.15) is 5.10 Å². The lowest BCUT2D eigenvalue weighted by molar-refractivity contribution is 0.557. The van der Waals surface area contributed by atoms with E-state index in [4.69, 9.17) is 10.2 Å². The van der Waals surface area contributed by atoms with Crippen molar-refractivity contribution in [2.45, 2.75) is 12.7 Å². The number of hydrogen-bond acceptors (Lipinski definition) is 6. The van der Waals surface area contributed by atoms with E-state index in [9.17, 15) is 4.39 Å². The zero-order valence-electron chi connectivity index (χ0n) is 13.1. The monoisotopic (exact) mass is 338 g/mol. The van der Waals surface area contributed by atoms with E-state index in [2.05, 4.69) is 20.4 Å². The van der Waals surface area contributed by atoms with E-state index in [1.165, 1.54) is 18.7 Å². The molecule has 1 aliphatic rings. The highest BCUT2D eigenvalue weighted by Crippen LogP contribution is 2.25. The minimum absolute atomic E-state index is 0.261. The molecule has 1 aliphatic heterocycles. The maximum Gasteiger partial charge on any atom is 0.181 e. The second-order valence-electron chi connectivity index (χ2n) is 5.53. The van der Waals surface area contributed by atoms with Gasteiger partial charge in [0, 0.05) is 11.8 Å². The van der Waals surface area contributed by atoms with Crippen LogP contribution in [0.3, 0.4) is 0 Å². The summed E-state index contributed by atoms with van der Waals surface area (Å²) >= 11 is 0. The van der Waals surface area contributed by atoms with Crippen LogP contribution in [0.2, 0.25) is 0 Å². The Morgan fingerprint density at radius 2 is 2.20 bits per heavy atom. The molecule has 0 saturated heterocycles. The minimum atomic E-state index is -0.405. The number of rotatable bonds is 4. The van der Waals surface area contributed by atoms with Crippen LogP contribution < -0.4 is 11.1 Å². The first-order chi connectivity index (χ1) is 12.2. The van der Waals surface area contributed by atoms with Crippen molar-refractivity contribution in [3.63, 3.8) is 0 Å².